The molecule has 0 spiro atoms. The van der Waals surface area contributed by atoms with Gasteiger partial charge in [-0.3, -0.25) is 19.4 Å². The van der Waals surface area contributed by atoms with E-state index in [1.807, 2.05) is 0 Å². The first-order valence-electron chi connectivity index (χ1n) is 11.4. The van der Waals surface area contributed by atoms with Crippen LogP contribution in [0.1, 0.15) is 31.7 Å². The highest BCUT2D eigenvalue weighted by Gasteiger charge is 2.38. The summed E-state index contributed by atoms with van der Waals surface area (Å²) in [6, 6.07) is 4.18. The van der Waals surface area contributed by atoms with Crippen molar-refractivity contribution in [2.45, 2.75) is 43.5 Å². The van der Waals surface area contributed by atoms with Gasteiger partial charge in [-0.25, -0.2) is 8.42 Å². The van der Waals surface area contributed by atoms with Crippen LogP contribution in [0.25, 0.3) is 0 Å². The number of benzene rings is 1. The lowest BCUT2D eigenvalue weighted by Crippen LogP contribution is -2.48. The summed E-state index contributed by atoms with van der Waals surface area (Å²) in [5.41, 5.74) is 1.33. The second-order valence-electron chi connectivity index (χ2n) is 8.61. The van der Waals surface area contributed by atoms with Crippen LogP contribution in [0.4, 0.5) is 5.69 Å². The second kappa shape index (κ2) is 9.86. The van der Waals surface area contributed by atoms with Crippen molar-refractivity contribution in [2.75, 3.05) is 57.4 Å². The smallest absolute Gasteiger partial charge is 0.243 e. The van der Waals surface area contributed by atoms with Gasteiger partial charge in [0.15, 0.2) is 0 Å². The predicted octanol–water partition coefficient (Wildman–Crippen LogP) is 0.587. The highest BCUT2D eigenvalue weighted by molar-refractivity contribution is 7.89. The number of ether oxygens (including phenoxy) is 1. The molecule has 1 aromatic rings. The monoisotopic (exact) mass is 464 g/mol. The maximum Gasteiger partial charge on any atom is 0.243 e. The van der Waals surface area contributed by atoms with E-state index in [-0.39, 0.29) is 16.7 Å². The number of nitrogens with one attached hydrogen (secondary N) is 1. The Hall–Kier alpha value is -2.01. The molecule has 1 atom stereocenters. The summed E-state index contributed by atoms with van der Waals surface area (Å²) in [6.07, 6.45) is 2.88. The standard InChI is InChI=1S/C22H32N4O5S/c1-17(27)26-20-6-5-19(32(29,30)25-9-2-3-10-25)15-18(20)16-21(26)22(28)23-7-4-8-24-11-13-31-14-12-24/h5-6,15,21H,2-4,7-14,16H2,1H3,(H,23,28)/t21-/m0/s1. The van der Waals surface area contributed by atoms with Gasteiger partial charge in [0, 0.05) is 51.8 Å². The van der Waals surface area contributed by atoms with E-state index < -0.39 is 16.1 Å². The summed E-state index contributed by atoms with van der Waals surface area (Å²) in [5.74, 6) is -0.435. The lowest BCUT2D eigenvalue weighted by atomic mass is 10.1. The molecule has 1 aromatic carbocycles. The molecule has 32 heavy (non-hydrogen) atoms. The number of sulfonamides is 1. The second-order valence-corrected chi connectivity index (χ2v) is 10.5. The summed E-state index contributed by atoms with van der Waals surface area (Å²) in [5, 5.41) is 2.96. The number of morpholine rings is 1. The number of carbonyl (C=O) groups is 2. The van der Waals surface area contributed by atoms with Crippen molar-refractivity contribution in [1.82, 2.24) is 14.5 Å². The van der Waals surface area contributed by atoms with Crippen molar-refractivity contribution in [2.24, 2.45) is 0 Å². The predicted molar refractivity (Wildman–Crippen MR) is 120 cm³/mol. The van der Waals surface area contributed by atoms with Gasteiger partial charge in [0.05, 0.1) is 18.1 Å². The van der Waals surface area contributed by atoms with Gasteiger partial charge in [0.25, 0.3) is 0 Å². The number of rotatable bonds is 7. The van der Waals surface area contributed by atoms with E-state index in [4.69, 9.17) is 4.74 Å². The molecule has 1 N–H and O–H groups in total. The Labute approximate surface area is 189 Å². The van der Waals surface area contributed by atoms with Gasteiger partial charge in [-0.2, -0.15) is 4.31 Å². The summed E-state index contributed by atoms with van der Waals surface area (Å²) in [7, 11) is -3.55. The van der Waals surface area contributed by atoms with E-state index in [1.165, 1.54) is 16.1 Å². The summed E-state index contributed by atoms with van der Waals surface area (Å²) in [6.45, 7) is 7.24. The minimum atomic E-state index is -3.55. The van der Waals surface area contributed by atoms with Crippen molar-refractivity contribution >= 4 is 27.5 Å². The molecule has 0 aromatic heterocycles. The molecule has 0 radical (unpaired) electrons. The Bertz CT molecular complexity index is 955. The van der Waals surface area contributed by atoms with E-state index in [0.29, 0.717) is 37.3 Å². The molecule has 0 saturated carbocycles. The molecule has 3 heterocycles. The van der Waals surface area contributed by atoms with Crippen LogP contribution in [0, 0.1) is 0 Å². The van der Waals surface area contributed by atoms with Crippen LogP contribution >= 0.6 is 0 Å². The lowest BCUT2D eigenvalue weighted by Gasteiger charge is -2.27. The van der Waals surface area contributed by atoms with E-state index >= 15 is 0 Å². The fourth-order valence-electron chi connectivity index (χ4n) is 4.72. The SMILES string of the molecule is CC(=O)N1c2ccc(S(=O)(=O)N3CCCC3)cc2C[C@H]1C(=O)NCCCN1CCOCC1. The van der Waals surface area contributed by atoms with Crippen LogP contribution in [0.3, 0.4) is 0 Å². The number of anilines is 1. The molecule has 10 heteroatoms. The van der Waals surface area contributed by atoms with Gasteiger partial charge < -0.3 is 10.1 Å². The van der Waals surface area contributed by atoms with Crippen molar-refractivity contribution in [3.05, 3.63) is 23.8 Å². The topological polar surface area (TPSA) is 99.3 Å². The van der Waals surface area contributed by atoms with Gasteiger partial charge in [0.1, 0.15) is 6.04 Å². The van der Waals surface area contributed by atoms with Crippen LogP contribution in [0.5, 0.6) is 0 Å². The van der Waals surface area contributed by atoms with Crippen molar-refractivity contribution in [1.29, 1.82) is 0 Å². The van der Waals surface area contributed by atoms with E-state index in [9.17, 15) is 18.0 Å². The number of nitrogens with zero attached hydrogens (tertiary/aromatic N) is 3. The van der Waals surface area contributed by atoms with Gasteiger partial charge in [-0.1, -0.05) is 0 Å². The Kier molecular flexibility index (Phi) is 7.14. The van der Waals surface area contributed by atoms with Crippen molar-refractivity contribution in [3.63, 3.8) is 0 Å². The first-order valence-corrected chi connectivity index (χ1v) is 12.8. The lowest BCUT2D eigenvalue weighted by molar-refractivity contribution is -0.125. The number of hydrogen-bond donors (Lipinski definition) is 1. The van der Waals surface area contributed by atoms with Crippen molar-refractivity contribution in [3.8, 4) is 0 Å². The fourth-order valence-corrected chi connectivity index (χ4v) is 6.29. The average Bonchev–Trinajstić information content (AvgIpc) is 3.45. The quantitative estimate of drug-likeness (QED) is 0.593. The van der Waals surface area contributed by atoms with Gasteiger partial charge >= 0.3 is 0 Å². The minimum Gasteiger partial charge on any atom is -0.379 e. The third-order valence-electron chi connectivity index (χ3n) is 6.43. The molecular weight excluding hydrogens is 432 g/mol. The Balaban J connectivity index is 1.41. The Morgan fingerprint density at radius 2 is 1.84 bits per heavy atom. The zero-order valence-corrected chi connectivity index (χ0v) is 19.4. The third kappa shape index (κ3) is 4.83. The zero-order chi connectivity index (χ0) is 22.7. The molecule has 2 saturated heterocycles. The minimum absolute atomic E-state index is 0.206. The van der Waals surface area contributed by atoms with Gasteiger partial charge in [-0.15, -0.1) is 0 Å². The molecular formula is C22H32N4O5S. The molecule has 4 rings (SSSR count). The highest BCUT2D eigenvalue weighted by atomic mass is 32.2. The number of amides is 2. The molecule has 0 bridgehead atoms. The first-order chi connectivity index (χ1) is 15.4. The van der Waals surface area contributed by atoms with Crippen LogP contribution in [0.2, 0.25) is 0 Å². The number of carbonyl (C=O) groups excluding carboxylic acids is 2. The average molecular weight is 465 g/mol. The van der Waals surface area contributed by atoms with Crippen LogP contribution in [-0.4, -0.2) is 88.0 Å². The normalized spacial score (nSPS) is 22.2. The first kappa shape index (κ1) is 23.2. The molecule has 0 unspecified atom stereocenters. The maximum atomic E-state index is 12.9. The Morgan fingerprint density at radius 1 is 1.12 bits per heavy atom. The van der Waals surface area contributed by atoms with E-state index in [2.05, 4.69) is 10.2 Å². The molecule has 9 nitrogen and oxygen atoms in total. The number of fused-ring (bicyclic) bond motifs is 1. The fraction of sp³-hybridized carbons (Fsp3) is 0.636. The molecule has 176 valence electrons. The molecule has 3 aliphatic heterocycles. The largest absolute Gasteiger partial charge is 0.379 e. The number of hydrogen-bond acceptors (Lipinski definition) is 6. The zero-order valence-electron chi connectivity index (χ0n) is 18.6. The van der Waals surface area contributed by atoms with E-state index in [1.54, 1.807) is 18.2 Å². The van der Waals surface area contributed by atoms with Crippen LogP contribution in [-0.2, 0) is 30.8 Å². The molecule has 2 fully saturated rings. The van der Waals surface area contributed by atoms with Crippen LogP contribution < -0.4 is 10.2 Å². The molecule has 2 amide bonds. The molecule has 3 aliphatic rings. The van der Waals surface area contributed by atoms with Gasteiger partial charge in [-0.05, 0) is 49.6 Å². The highest BCUT2D eigenvalue weighted by Crippen LogP contribution is 2.35. The van der Waals surface area contributed by atoms with E-state index in [0.717, 1.165) is 52.1 Å². The summed E-state index contributed by atoms with van der Waals surface area (Å²) < 4.78 is 32.7. The summed E-state index contributed by atoms with van der Waals surface area (Å²) in [4.78, 5) is 29.3. The Morgan fingerprint density at radius 3 is 2.53 bits per heavy atom. The molecule has 0 aliphatic carbocycles. The maximum absolute atomic E-state index is 12.9. The van der Waals surface area contributed by atoms with Crippen molar-refractivity contribution < 1.29 is 22.7 Å². The summed E-state index contributed by atoms with van der Waals surface area (Å²) >= 11 is 0. The van der Waals surface area contributed by atoms with Crippen LogP contribution in [0.15, 0.2) is 23.1 Å². The third-order valence-corrected chi connectivity index (χ3v) is 8.33. The van der Waals surface area contributed by atoms with Gasteiger partial charge in [0.2, 0.25) is 21.8 Å².